The first-order valence-electron chi connectivity index (χ1n) is 7.45. The normalized spacial score (nSPS) is 11.0. The lowest BCUT2D eigenvalue weighted by atomic mass is 10.3. The van der Waals surface area contributed by atoms with Crippen molar-refractivity contribution < 1.29 is 13.6 Å². The van der Waals surface area contributed by atoms with Crippen LogP contribution in [-0.4, -0.2) is 18.1 Å². The predicted molar refractivity (Wildman–Crippen MR) is 88.5 cm³/mol. The Morgan fingerprint density at radius 2 is 1.48 bits per heavy atom. The van der Waals surface area contributed by atoms with Crippen LogP contribution in [0.4, 0.5) is 0 Å². The van der Waals surface area contributed by atoms with Gasteiger partial charge in [0.1, 0.15) is 23.9 Å². The lowest BCUT2D eigenvalue weighted by Crippen LogP contribution is -2.27. The van der Waals surface area contributed by atoms with Crippen molar-refractivity contribution in [2.45, 2.75) is 13.1 Å². The van der Waals surface area contributed by atoms with Gasteiger partial charge in [0.25, 0.3) is 0 Å². The highest BCUT2D eigenvalue weighted by Crippen LogP contribution is 2.16. The summed E-state index contributed by atoms with van der Waals surface area (Å²) >= 11 is 5.87. The zero-order valence-corrected chi connectivity index (χ0v) is 13.4. The molecule has 4 nitrogen and oxygen atoms in total. The van der Waals surface area contributed by atoms with E-state index in [9.17, 15) is 0 Å². The molecule has 0 aliphatic heterocycles. The number of halogens is 1. The van der Waals surface area contributed by atoms with Crippen molar-refractivity contribution in [3.05, 3.63) is 77.6 Å². The third-order valence-corrected chi connectivity index (χ3v) is 3.66. The molecule has 3 aromatic rings. The van der Waals surface area contributed by atoms with Gasteiger partial charge in [-0.1, -0.05) is 11.6 Å². The quantitative estimate of drug-likeness (QED) is 0.604. The first kappa shape index (κ1) is 15.7. The number of rotatable bonds is 8. The van der Waals surface area contributed by atoms with E-state index < -0.39 is 0 Å². The molecule has 0 atom stereocenters. The van der Waals surface area contributed by atoms with E-state index in [1.54, 1.807) is 12.5 Å². The largest absolute Gasteiger partial charge is 0.492 e. The molecular weight excluding hydrogens is 314 g/mol. The second kappa shape index (κ2) is 7.90. The molecule has 0 bridgehead atoms. The van der Waals surface area contributed by atoms with Gasteiger partial charge in [-0.3, -0.25) is 4.90 Å². The molecule has 0 radical (unpaired) electrons. The summed E-state index contributed by atoms with van der Waals surface area (Å²) in [6, 6.07) is 15.1. The summed E-state index contributed by atoms with van der Waals surface area (Å²) < 4.78 is 16.6. The Kier molecular flexibility index (Phi) is 5.40. The van der Waals surface area contributed by atoms with Crippen molar-refractivity contribution in [3.8, 4) is 5.75 Å². The van der Waals surface area contributed by atoms with Crippen LogP contribution in [0.2, 0.25) is 5.02 Å². The lowest BCUT2D eigenvalue weighted by molar-refractivity contribution is 0.175. The minimum Gasteiger partial charge on any atom is -0.492 e. The molecule has 0 saturated carbocycles. The Hall–Kier alpha value is -2.17. The molecular formula is C18H18ClNO3. The highest BCUT2D eigenvalue weighted by atomic mass is 35.5. The maximum atomic E-state index is 5.87. The van der Waals surface area contributed by atoms with E-state index in [0.717, 1.165) is 23.8 Å². The number of hydrogen-bond acceptors (Lipinski definition) is 4. The van der Waals surface area contributed by atoms with Crippen LogP contribution in [0.3, 0.4) is 0 Å². The predicted octanol–water partition coefficient (Wildman–Crippen LogP) is 4.61. The van der Waals surface area contributed by atoms with Gasteiger partial charge in [-0.25, -0.2) is 0 Å². The molecule has 5 heteroatoms. The number of ether oxygens (including phenoxy) is 1. The summed E-state index contributed by atoms with van der Waals surface area (Å²) in [4.78, 5) is 2.22. The van der Waals surface area contributed by atoms with Crippen molar-refractivity contribution in [3.63, 3.8) is 0 Å². The number of nitrogens with zero attached hydrogens (tertiary/aromatic N) is 1. The third-order valence-electron chi connectivity index (χ3n) is 3.41. The molecule has 2 heterocycles. The van der Waals surface area contributed by atoms with Crippen LogP contribution in [0.5, 0.6) is 5.75 Å². The van der Waals surface area contributed by atoms with Gasteiger partial charge in [0, 0.05) is 11.6 Å². The lowest BCUT2D eigenvalue weighted by Gasteiger charge is -2.20. The van der Waals surface area contributed by atoms with E-state index in [0.29, 0.717) is 24.7 Å². The average molecular weight is 332 g/mol. The Balaban J connectivity index is 1.55. The number of benzene rings is 1. The maximum absolute atomic E-state index is 5.87. The highest BCUT2D eigenvalue weighted by Gasteiger charge is 2.11. The van der Waals surface area contributed by atoms with E-state index in [1.165, 1.54) is 0 Å². The Labute approximate surface area is 140 Å². The van der Waals surface area contributed by atoms with Crippen LogP contribution in [0.25, 0.3) is 0 Å². The van der Waals surface area contributed by atoms with E-state index in [2.05, 4.69) is 4.90 Å². The van der Waals surface area contributed by atoms with Crippen LogP contribution in [0.1, 0.15) is 11.5 Å². The third kappa shape index (κ3) is 4.91. The molecule has 0 saturated heterocycles. The summed E-state index contributed by atoms with van der Waals surface area (Å²) in [5, 5.41) is 0.703. The van der Waals surface area contributed by atoms with E-state index in [1.807, 2.05) is 48.5 Å². The van der Waals surface area contributed by atoms with Gasteiger partial charge in [0.15, 0.2) is 0 Å². The minimum absolute atomic E-state index is 0.572. The first-order chi connectivity index (χ1) is 11.3. The summed E-state index contributed by atoms with van der Waals surface area (Å²) in [6.45, 7) is 2.74. The van der Waals surface area contributed by atoms with Gasteiger partial charge in [-0.2, -0.15) is 0 Å². The molecule has 0 fully saturated rings. The standard InChI is InChI=1S/C18H18ClNO3/c19-15-5-7-16(8-6-15)23-12-9-20(13-17-3-1-10-21-17)14-18-4-2-11-22-18/h1-8,10-11H,9,12-14H2. The molecule has 1 aromatic carbocycles. The Morgan fingerprint density at radius 3 is 2.00 bits per heavy atom. The van der Waals surface area contributed by atoms with Crippen LogP contribution in [0, 0.1) is 0 Å². The van der Waals surface area contributed by atoms with E-state index in [-0.39, 0.29) is 0 Å². The molecule has 3 rings (SSSR count). The molecule has 0 amide bonds. The van der Waals surface area contributed by atoms with Gasteiger partial charge in [-0.05, 0) is 48.5 Å². The molecule has 120 valence electrons. The van der Waals surface area contributed by atoms with Gasteiger partial charge in [0.05, 0.1) is 25.6 Å². The molecule has 2 aromatic heterocycles. The van der Waals surface area contributed by atoms with Gasteiger partial charge in [-0.15, -0.1) is 0 Å². The minimum atomic E-state index is 0.572. The topological polar surface area (TPSA) is 38.8 Å². The fraction of sp³-hybridized carbons (Fsp3) is 0.222. The van der Waals surface area contributed by atoms with Gasteiger partial charge >= 0.3 is 0 Å². The Morgan fingerprint density at radius 1 is 0.870 bits per heavy atom. The number of hydrogen-bond donors (Lipinski definition) is 0. The van der Waals surface area contributed by atoms with Crippen LogP contribution < -0.4 is 4.74 Å². The molecule has 0 aliphatic rings. The zero-order valence-electron chi connectivity index (χ0n) is 12.7. The number of furan rings is 2. The SMILES string of the molecule is Clc1ccc(OCCN(Cc2ccco2)Cc2ccco2)cc1. The first-order valence-corrected chi connectivity index (χ1v) is 7.83. The van der Waals surface area contributed by atoms with E-state index in [4.69, 9.17) is 25.2 Å². The van der Waals surface area contributed by atoms with Gasteiger partial charge in [0.2, 0.25) is 0 Å². The molecule has 0 unspecified atom stereocenters. The monoisotopic (exact) mass is 331 g/mol. The van der Waals surface area contributed by atoms with Crippen molar-refractivity contribution in [1.29, 1.82) is 0 Å². The van der Waals surface area contributed by atoms with Gasteiger partial charge < -0.3 is 13.6 Å². The Bertz CT molecular complexity index is 641. The fourth-order valence-corrected chi connectivity index (χ4v) is 2.41. The van der Waals surface area contributed by atoms with Crippen molar-refractivity contribution >= 4 is 11.6 Å². The van der Waals surface area contributed by atoms with Crippen molar-refractivity contribution in [2.24, 2.45) is 0 Å². The van der Waals surface area contributed by atoms with Crippen LogP contribution >= 0.6 is 11.6 Å². The zero-order chi connectivity index (χ0) is 15.9. The van der Waals surface area contributed by atoms with Crippen LogP contribution in [-0.2, 0) is 13.1 Å². The van der Waals surface area contributed by atoms with Crippen molar-refractivity contribution in [2.75, 3.05) is 13.2 Å². The summed E-state index contributed by atoms with van der Waals surface area (Å²) in [5.74, 6) is 2.65. The second-order valence-corrected chi connectivity index (χ2v) is 5.61. The maximum Gasteiger partial charge on any atom is 0.119 e. The summed E-state index contributed by atoms with van der Waals surface area (Å²) in [7, 11) is 0. The summed E-state index contributed by atoms with van der Waals surface area (Å²) in [6.07, 6.45) is 3.37. The highest BCUT2D eigenvalue weighted by molar-refractivity contribution is 6.30. The molecule has 0 aliphatic carbocycles. The second-order valence-electron chi connectivity index (χ2n) is 5.17. The molecule has 0 N–H and O–H groups in total. The van der Waals surface area contributed by atoms with E-state index >= 15 is 0 Å². The van der Waals surface area contributed by atoms with Crippen LogP contribution in [0.15, 0.2) is 69.9 Å². The smallest absolute Gasteiger partial charge is 0.119 e. The fourth-order valence-electron chi connectivity index (χ4n) is 2.28. The average Bonchev–Trinajstić information content (AvgIpc) is 3.23. The van der Waals surface area contributed by atoms with Crippen molar-refractivity contribution in [1.82, 2.24) is 4.90 Å². The molecule has 0 spiro atoms. The summed E-state index contributed by atoms with van der Waals surface area (Å²) in [5.41, 5.74) is 0. The molecule has 23 heavy (non-hydrogen) atoms.